The molecule has 0 radical (unpaired) electrons. The Hall–Kier alpha value is -1.92. The predicted molar refractivity (Wildman–Crippen MR) is 72.4 cm³/mol. The maximum absolute atomic E-state index is 13.0. The molecule has 1 rings (SSSR count). The second-order valence-corrected chi connectivity index (χ2v) is 4.53. The number of halogens is 3. The Morgan fingerprint density at radius 2 is 2.00 bits per heavy atom. The first-order valence-electron chi connectivity index (χ1n) is 6.32. The summed E-state index contributed by atoms with van der Waals surface area (Å²) in [5.41, 5.74) is 0.977. The molecule has 1 aromatic carbocycles. The van der Waals surface area contributed by atoms with Crippen LogP contribution in [0.2, 0.25) is 0 Å². The summed E-state index contributed by atoms with van der Waals surface area (Å²) in [6.07, 6.45) is -5.15. The van der Waals surface area contributed by atoms with E-state index in [2.05, 4.69) is 10.1 Å². The van der Waals surface area contributed by atoms with Crippen LogP contribution in [-0.4, -0.2) is 32.4 Å². The lowest BCUT2D eigenvalue weighted by atomic mass is 10.1. The third-order valence-corrected chi connectivity index (χ3v) is 3.02. The quantitative estimate of drug-likeness (QED) is 0.819. The Balaban J connectivity index is 2.84. The molecule has 1 aromatic rings. The number of hydrogen-bond acceptors (Lipinski definition) is 4. The molecule has 0 amide bonds. The minimum Gasteiger partial charge on any atom is -0.497 e. The van der Waals surface area contributed by atoms with Crippen molar-refractivity contribution in [1.29, 1.82) is 0 Å². The van der Waals surface area contributed by atoms with Gasteiger partial charge >= 0.3 is 12.1 Å². The van der Waals surface area contributed by atoms with Crippen molar-refractivity contribution < 1.29 is 27.4 Å². The first-order valence-corrected chi connectivity index (χ1v) is 6.32. The van der Waals surface area contributed by atoms with Gasteiger partial charge in [0.05, 0.1) is 14.2 Å². The molecule has 0 spiro atoms. The number of ether oxygens (including phenoxy) is 2. The van der Waals surface area contributed by atoms with E-state index in [4.69, 9.17) is 4.74 Å². The van der Waals surface area contributed by atoms with Gasteiger partial charge in [-0.25, -0.2) is 0 Å². The Labute approximate surface area is 121 Å². The van der Waals surface area contributed by atoms with Crippen LogP contribution in [0.5, 0.6) is 5.75 Å². The number of hydrogen-bond donors (Lipinski definition) is 1. The van der Waals surface area contributed by atoms with Crippen LogP contribution in [0.25, 0.3) is 0 Å². The number of anilines is 1. The molecule has 118 valence electrons. The Bertz CT molecular complexity index is 489. The SMILES string of the molecule is COC(=O)CCC(Nc1ccc(OC)cc1C)C(F)(F)F. The van der Waals surface area contributed by atoms with E-state index in [1.54, 1.807) is 19.1 Å². The zero-order valence-electron chi connectivity index (χ0n) is 12.1. The number of carbonyl (C=O) groups excluding carboxylic acids is 1. The number of esters is 1. The molecule has 1 N–H and O–H groups in total. The Morgan fingerprint density at radius 3 is 2.48 bits per heavy atom. The monoisotopic (exact) mass is 305 g/mol. The fourth-order valence-electron chi connectivity index (χ4n) is 1.79. The average molecular weight is 305 g/mol. The highest BCUT2D eigenvalue weighted by Gasteiger charge is 2.39. The molecule has 21 heavy (non-hydrogen) atoms. The molecule has 4 nitrogen and oxygen atoms in total. The number of benzene rings is 1. The summed E-state index contributed by atoms with van der Waals surface area (Å²) < 4.78 is 48.4. The van der Waals surface area contributed by atoms with Crippen molar-refractivity contribution in [2.75, 3.05) is 19.5 Å². The smallest absolute Gasteiger partial charge is 0.408 e. The van der Waals surface area contributed by atoms with Crippen LogP contribution in [0.1, 0.15) is 18.4 Å². The zero-order valence-corrected chi connectivity index (χ0v) is 12.1. The number of alkyl halides is 3. The molecule has 0 aliphatic heterocycles. The summed E-state index contributed by atoms with van der Waals surface area (Å²) in [5, 5.41) is 2.43. The topological polar surface area (TPSA) is 47.6 Å². The van der Waals surface area contributed by atoms with E-state index in [1.807, 2.05) is 0 Å². The van der Waals surface area contributed by atoms with Gasteiger partial charge in [-0.1, -0.05) is 0 Å². The minimum absolute atomic E-state index is 0.303. The van der Waals surface area contributed by atoms with E-state index >= 15 is 0 Å². The zero-order chi connectivity index (χ0) is 16.0. The fourth-order valence-corrected chi connectivity index (χ4v) is 1.79. The van der Waals surface area contributed by atoms with E-state index in [-0.39, 0.29) is 12.8 Å². The van der Waals surface area contributed by atoms with E-state index < -0.39 is 18.2 Å². The highest BCUT2D eigenvalue weighted by atomic mass is 19.4. The van der Waals surface area contributed by atoms with Gasteiger partial charge in [-0.05, 0) is 37.1 Å². The van der Waals surface area contributed by atoms with E-state index in [0.29, 0.717) is 17.0 Å². The second-order valence-electron chi connectivity index (χ2n) is 4.53. The second kappa shape index (κ2) is 7.19. The van der Waals surface area contributed by atoms with Crippen LogP contribution in [-0.2, 0) is 9.53 Å². The van der Waals surface area contributed by atoms with E-state index in [9.17, 15) is 18.0 Å². The molecule has 0 bridgehead atoms. The van der Waals surface area contributed by atoms with Crippen molar-refractivity contribution >= 4 is 11.7 Å². The maximum atomic E-state index is 13.0. The van der Waals surface area contributed by atoms with Crippen LogP contribution in [0, 0.1) is 6.92 Å². The van der Waals surface area contributed by atoms with E-state index in [1.165, 1.54) is 13.2 Å². The van der Waals surface area contributed by atoms with Crippen LogP contribution >= 0.6 is 0 Å². The number of methoxy groups -OCH3 is 2. The average Bonchev–Trinajstić information content (AvgIpc) is 2.42. The fraction of sp³-hybridized carbons (Fsp3) is 0.500. The summed E-state index contributed by atoms with van der Waals surface area (Å²) in [7, 11) is 2.63. The lowest BCUT2D eigenvalue weighted by molar-refractivity contribution is -0.149. The molecule has 0 saturated carbocycles. The van der Waals surface area contributed by atoms with Crippen molar-refractivity contribution in [2.45, 2.75) is 32.0 Å². The minimum atomic E-state index is -4.46. The summed E-state index contributed by atoms with van der Waals surface area (Å²) in [4.78, 5) is 11.0. The number of rotatable bonds is 6. The highest BCUT2D eigenvalue weighted by molar-refractivity contribution is 5.69. The Morgan fingerprint density at radius 1 is 1.33 bits per heavy atom. The summed E-state index contributed by atoms with van der Waals surface area (Å²) >= 11 is 0. The third kappa shape index (κ3) is 5.17. The largest absolute Gasteiger partial charge is 0.497 e. The molecule has 1 atom stereocenters. The van der Waals surface area contributed by atoms with Gasteiger partial charge in [-0.15, -0.1) is 0 Å². The van der Waals surface area contributed by atoms with Crippen LogP contribution in [0.4, 0.5) is 18.9 Å². The molecule has 7 heteroatoms. The molecule has 0 aliphatic rings. The normalized spacial score (nSPS) is 12.7. The first-order chi connectivity index (χ1) is 9.77. The molecular weight excluding hydrogens is 287 g/mol. The third-order valence-electron chi connectivity index (χ3n) is 3.02. The van der Waals surface area contributed by atoms with Crippen LogP contribution < -0.4 is 10.1 Å². The number of nitrogens with one attached hydrogen (secondary N) is 1. The van der Waals surface area contributed by atoms with Crippen molar-refractivity contribution in [1.82, 2.24) is 0 Å². The van der Waals surface area contributed by atoms with Gasteiger partial charge in [0.2, 0.25) is 0 Å². The Kier molecular flexibility index (Phi) is 5.87. The first kappa shape index (κ1) is 17.1. The maximum Gasteiger partial charge on any atom is 0.408 e. The molecule has 1 unspecified atom stereocenters. The molecule has 0 aliphatic carbocycles. The molecule has 0 fully saturated rings. The predicted octanol–water partition coefficient (Wildman–Crippen LogP) is 3.30. The lowest BCUT2D eigenvalue weighted by Crippen LogP contribution is -2.37. The van der Waals surface area contributed by atoms with Gasteiger partial charge in [0.1, 0.15) is 11.8 Å². The molecule has 0 saturated heterocycles. The van der Waals surface area contributed by atoms with Crippen molar-refractivity contribution in [2.24, 2.45) is 0 Å². The van der Waals surface area contributed by atoms with Crippen LogP contribution in [0.15, 0.2) is 18.2 Å². The van der Waals surface area contributed by atoms with Crippen molar-refractivity contribution in [3.8, 4) is 5.75 Å². The van der Waals surface area contributed by atoms with Gasteiger partial charge in [-0.3, -0.25) is 4.79 Å². The van der Waals surface area contributed by atoms with Gasteiger partial charge in [0.25, 0.3) is 0 Å². The van der Waals surface area contributed by atoms with Crippen LogP contribution in [0.3, 0.4) is 0 Å². The van der Waals surface area contributed by atoms with Gasteiger partial charge in [0, 0.05) is 12.1 Å². The van der Waals surface area contributed by atoms with Gasteiger partial charge < -0.3 is 14.8 Å². The molecule has 0 aromatic heterocycles. The van der Waals surface area contributed by atoms with E-state index in [0.717, 1.165) is 7.11 Å². The summed E-state index contributed by atoms with van der Waals surface area (Å²) in [5.74, 6) is -0.103. The lowest BCUT2D eigenvalue weighted by Gasteiger charge is -2.23. The number of carbonyl (C=O) groups is 1. The summed E-state index contributed by atoms with van der Waals surface area (Å²) in [6.45, 7) is 1.68. The molecular formula is C14H18F3NO3. The van der Waals surface area contributed by atoms with Gasteiger partial charge in [0.15, 0.2) is 0 Å². The standard InChI is InChI=1S/C14H18F3NO3/c1-9-8-10(20-2)4-5-11(9)18-12(14(15,16)17)6-7-13(19)21-3/h4-5,8,12,18H,6-7H2,1-3H3. The summed E-state index contributed by atoms with van der Waals surface area (Å²) in [6, 6.07) is 2.91. The van der Waals surface area contributed by atoms with Gasteiger partial charge in [-0.2, -0.15) is 13.2 Å². The number of aryl methyl sites for hydroxylation is 1. The van der Waals surface area contributed by atoms with Crippen molar-refractivity contribution in [3.05, 3.63) is 23.8 Å². The highest BCUT2D eigenvalue weighted by Crippen LogP contribution is 2.29. The van der Waals surface area contributed by atoms with Crippen molar-refractivity contribution in [3.63, 3.8) is 0 Å². The molecule has 0 heterocycles.